The fourth-order valence-corrected chi connectivity index (χ4v) is 4.17. The van der Waals surface area contributed by atoms with E-state index in [1.165, 1.54) is 0 Å². The van der Waals surface area contributed by atoms with Gasteiger partial charge >= 0.3 is 0 Å². The molecular formula is C13H18N2O4S. The summed E-state index contributed by atoms with van der Waals surface area (Å²) in [6.45, 7) is 0.0339. The molecule has 2 N–H and O–H groups in total. The summed E-state index contributed by atoms with van der Waals surface area (Å²) >= 11 is 0. The van der Waals surface area contributed by atoms with Crippen LogP contribution in [0.15, 0.2) is 30.3 Å². The summed E-state index contributed by atoms with van der Waals surface area (Å²) in [7, 11) is -1.57. The number of para-hydroxylation sites is 1. The summed E-state index contributed by atoms with van der Waals surface area (Å²) in [5, 5.41) is 12.5. The first-order valence-corrected chi connectivity index (χ1v) is 8.13. The number of carbonyl (C=O) groups excluding carboxylic acids is 1. The Balaban J connectivity index is 1.91. The second-order valence-corrected chi connectivity index (χ2v) is 7.19. The third-order valence-corrected chi connectivity index (χ3v) is 5.01. The molecule has 7 heteroatoms. The molecule has 1 aliphatic heterocycles. The fourth-order valence-electron chi connectivity index (χ4n) is 2.30. The predicted octanol–water partition coefficient (Wildman–Crippen LogP) is -0.285. The van der Waals surface area contributed by atoms with Crippen molar-refractivity contribution in [2.24, 2.45) is 0 Å². The van der Waals surface area contributed by atoms with E-state index in [4.69, 9.17) is 0 Å². The summed E-state index contributed by atoms with van der Waals surface area (Å²) in [6, 6.07) is 8.49. The molecule has 110 valence electrons. The highest BCUT2D eigenvalue weighted by molar-refractivity contribution is 7.91. The van der Waals surface area contributed by atoms with Gasteiger partial charge in [-0.2, -0.15) is 0 Å². The van der Waals surface area contributed by atoms with Gasteiger partial charge in [0.2, 0.25) is 5.91 Å². The van der Waals surface area contributed by atoms with Crippen LogP contribution in [-0.2, 0) is 14.6 Å². The van der Waals surface area contributed by atoms with Crippen LogP contribution in [0.2, 0.25) is 0 Å². The fraction of sp³-hybridized carbons (Fsp3) is 0.462. The first-order valence-electron chi connectivity index (χ1n) is 6.31. The molecule has 1 aromatic carbocycles. The van der Waals surface area contributed by atoms with Gasteiger partial charge in [-0.15, -0.1) is 0 Å². The van der Waals surface area contributed by atoms with Crippen LogP contribution in [0.25, 0.3) is 0 Å². The number of aliphatic hydroxyl groups excluding tert-OH is 1. The van der Waals surface area contributed by atoms with E-state index < -0.39 is 22.0 Å². The van der Waals surface area contributed by atoms with E-state index in [-0.39, 0.29) is 24.0 Å². The average molecular weight is 298 g/mol. The molecule has 2 rings (SSSR count). The summed E-state index contributed by atoms with van der Waals surface area (Å²) in [6.07, 6.45) is -0.936. The van der Waals surface area contributed by atoms with Gasteiger partial charge in [0.05, 0.1) is 30.2 Å². The molecule has 1 saturated heterocycles. The molecule has 6 nitrogen and oxygen atoms in total. The lowest BCUT2D eigenvalue weighted by Crippen LogP contribution is -2.44. The van der Waals surface area contributed by atoms with Crippen LogP contribution >= 0.6 is 0 Å². The number of hydrogen-bond donors (Lipinski definition) is 2. The Bertz CT molecular complexity index is 573. The number of amides is 1. The van der Waals surface area contributed by atoms with Crippen molar-refractivity contribution in [3.05, 3.63) is 30.3 Å². The lowest BCUT2D eigenvalue weighted by atomic mass is 10.2. The predicted molar refractivity (Wildman–Crippen MR) is 76.2 cm³/mol. The standard InChI is InChI=1S/C13H18N2O4S/c1-15(11-8-20(18,19)9-12(11)16)7-13(17)14-10-5-3-2-4-6-10/h2-6,11-12,16H,7-9H2,1H3,(H,14,17). The minimum atomic E-state index is -3.21. The zero-order valence-corrected chi connectivity index (χ0v) is 12.0. The van der Waals surface area contributed by atoms with Crippen molar-refractivity contribution < 1.29 is 18.3 Å². The number of nitrogens with zero attached hydrogens (tertiary/aromatic N) is 1. The van der Waals surface area contributed by atoms with Crippen molar-refractivity contribution in [2.45, 2.75) is 12.1 Å². The molecule has 0 radical (unpaired) electrons. The molecule has 1 heterocycles. The van der Waals surface area contributed by atoms with Crippen molar-refractivity contribution in [3.63, 3.8) is 0 Å². The van der Waals surface area contributed by atoms with Crippen LogP contribution in [0.1, 0.15) is 0 Å². The highest BCUT2D eigenvalue weighted by Crippen LogP contribution is 2.17. The minimum Gasteiger partial charge on any atom is -0.390 e. The van der Waals surface area contributed by atoms with Crippen LogP contribution < -0.4 is 5.32 Å². The first-order chi connectivity index (χ1) is 9.37. The normalized spacial score (nSPS) is 24.8. The Morgan fingerprint density at radius 2 is 2.00 bits per heavy atom. The van der Waals surface area contributed by atoms with E-state index in [0.717, 1.165) is 0 Å². The molecular weight excluding hydrogens is 280 g/mol. The number of hydrogen-bond acceptors (Lipinski definition) is 5. The second-order valence-electron chi connectivity index (χ2n) is 5.04. The van der Waals surface area contributed by atoms with Crippen molar-refractivity contribution in [1.82, 2.24) is 4.90 Å². The van der Waals surface area contributed by atoms with Crippen LogP contribution in [0, 0.1) is 0 Å². The lowest BCUT2D eigenvalue weighted by molar-refractivity contribution is -0.117. The van der Waals surface area contributed by atoms with Gasteiger partial charge < -0.3 is 10.4 Å². The van der Waals surface area contributed by atoms with Gasteiger partial charge in [-0.3, -0.25) is 9.69 Å². The summed E-state index contributed by atoms with van der Waals surface area (Å²) < 4.78 is 22.9. The van der Waals surface area contributed by atoms with E-state index in [1.54, 1.807) is 24.1 Å². The summed E-state index contributed by atoms with van der Waals surface area (Å²) in [5.41, 5.74) is 0.686. The number of anilines is 1. The number of sulfone groups is 1. The van der Waals surface area contributed by atoms with Crippen molar-refractivity contribution in [2.75, 3.05) is 30.4 Å². The minimum absolute atomic E-state index is 0.0339. The maximum absolute atomic E-state index is 11.9. The third kappa shape index (κ3) is 3.78. The van der Waals surface area contributed by atoms with E-state index in [0.29, 0.717) is 5.69 Å². The molecule has 0 aromatic heterocycles. The van der Waals surface area contributed by atoms with E-state index in [1.807, 2.05) is 18.2 Å². The molecule has 1 aromatic rings. The maximum atomic E-state index is 11.9. The van der Waals surface area contributed by atoms with E-state index >= 15 is 0 Å². The van der Waals surface area contributed by atoms with E-state index in [9.17, 15) is 18.3 Å². The number of aliphatic hydroxyl groups is 1. The van der Waals surface area contributed by atoms with Gasteiger partial charge in [0.15, 0.2) is 9.84 Å². The van der Waals surface area contributed by atoms with E-state index in [2.05, 4.69) is 5.32 Å². The SMILES string of the molecule is CN(CC(=O)Nc1ccccc1)C1CS(=O)(=O)CC1O. The zero-order valence-electron chi connectivity index (χ0n) is 11.2. The smallest absolute Gasteiger partial charge is 0.238 e. The molecule has 0 saturated carbocycles. The largest absolute Gasteiger partial charge is 0.390 e. The Morgan fingerprint density at radius 1 is 1.35 bits per heavy atom. The molecule has 2 atom stereocenters. The Morgan fingerprint density at radius 3 is 2.55 bits per heavy atom. The Labute approximate surface area is 118 Å². The number of rotatable bonds is 4. The quantitative estimate of drug-likeness (QED) is 0.798. The molecule has 1 amide bonds. The molecule has 1 aliphatic rings. The van der Waals surface area contributed by atoms with Crippen LogP contribution in [0.3, 0.4) is 0 Å². The number of benzene rings is 1. The number of carbonyl (C=O) groups is 1. The highest BCUT2D eigenvalue weighted by atomic mass is 32.2. The van der Waals surface area contributed by atoms with Crippen LogP contribution in [-0.4, -0.2) is 61.6 Å². The van der Waals surface area contributed by atoms with Gasteiger partial charge in [-0.05, 0) is 19.2 Å². The van der Waals surface area contributed by atoms with Gasteiger partial charge in [0.25, 0.3) is 0 Å². The summed E-state index contributed by atoms with van der Waals surface area (Å²) in [5.74, 6) is -0.582. The monoisotopic (exact) mass is 298 g/mol. The van der Waals surface area contributed by atoms with Gasteiger partial charge in [0.1, 0.15) is 0 Å². The Kier molecular flexibility index (Phi) is 4.42. The average Bonchev–Trinajstić information content (AvgIpc) is 2.64. The second kappa shape index (κ2) is 5.90. The van der Waals surface area contributed by atoms with Gasteiger partial charge in [0, 0.05) is 5.69 Å². The van der Waals surface area contributed by atoms with Crippen LogP contribution in [0.5, 0.6) is 0 Å². The molecule has 0 bridgehead atoms. The van der Waals surface area contributed by atoms with Crippen LogP contribution in [0.4, 0.5) is 5.69 Å². The van der Waals surface area contributed by atoms with Crippen molar-refractivity contribution in [3.8, 4) is 0 Å². The summed E-state index contributed by atoms with van der Waals surface area (Å²) in [4.78, 5) is 13.4. The van der Waals surface area contributed by atoms with Crippen molar-refractivity contribution in [1.29, 1.82) is 0 Å². The van der Waals surface area contributed by atoms with Gasteiger partial charge in [-0.1, -0.05) is 18.2 Å². The molecule has 0 spiro atoms. The highest BCUT2D eigenvalue weighted by Gasteiger charge is 2.39. The maximum Gasteiger partial charge on any atom is 0.238 e. The van der Waals surface area contributed by atoms with Crippen molar-refractivity contribution >= 4 is 21.4 Å². The molecule has 1 fully saturated rings. The van der Waals surface area contributed by atoms with Gasteiger partial charge in [-0.25, -0.2) is 8.42 Å². The molecule has 2 unspecified atom stereocenters. The molecule has 20 heavy (non-hydrogen) atoms. The molecule has 0 aliphatic carbocycles. The third-order valence-electron chi connectivity index (χ3n) is 3.31. The topological polar surface area (TPSA) is 86.7 Å². The lowest BCUT2D eigenvalue weighted by Gasteiger charge is -2.25. The Hall–Kier alpha value is -1.44. The zero-order chi connectivity index (χ0) is 14.8. The number of likely N-dealkylation sites (N-methyl/N-ethyl adjacent to an activating group) is 1. The number of nitrogens with one attached hydrogen (secondary N) is 1. The first kappa shape index (κ1) is 15.0.